The van der Waals surface area contributed by atoms with Gasteiger partial charge in [0.05, 0.1) is 19.2 Å². The van der Waals surface area contributed by atoms with Gasteiger partial charge in [0.15, 0.2) is 11.6 Å². The lowest BCUT2D eigenvalue weighted by Crippen LogP contribution is -2.03. The molecule has 20 heavy (non-hydrogen) atoms. The Morgan fingerprint density at radius 3 is 2.55 bits per heavy atom. The van der Waals surface area contributed by atoms with E-state index in [1.54, 1.807) is 37.4 Å². The molecule has 0 atom stereocenters. The fourth-order valence-electron chi connectivity index (χ4n) is 1.82. The maximum atomic E-state index is 14.0. The monoisotopic (exact) mass is 295 g/mol. The van der Waals surface area contributed by atoms with Gasteiger partial charge >= 0.3 is 0 Å². The summed E-state index contributed by atoms with van der Waals surface area (Å²) in [7, 11) is 2.99. The summed E-state index contributed by atoms with van der Waals surface area (Å²) in [5.74, 6) is 0.448. The summed E-state index contributed by atoms with van der Waals surface area (Å²) in [6.45, 7) is 0.341. The van der Waals surface area contributed by atoms with Crippen molar-refractivity contribution in [2.75, 3.05) is 19.5 Å². The number of hydrogen-bond donors (Lipinski definition) is 1. The minimum absolute atomic E-state index is 0.234. The first-order valence-corrected chi connectivity index (χ1v) is 6.42. The zero-order chi connectivity index (χ0) is 14.5. The van der Waals surface area contributed by atoms with Gasteiger partial charge in [0, 0.05) is 23.9 Å². The summed E-state index contributed by atoms with van der Waals surface area (Å²) in [4.78, 5) is 0. The maximum Gasteiger partial charge on any atom is 0.170 e. The van der Waals surface area contributed by atoms with E-state index in [-0.39, 0.29) is 11.6 Å². The van der Waals surface area contributed by atoms with E-state index in [9.17, 15) is 4.39 Å². The van der Waals surface area contributed by atoms with E-state index in [2.05, 4.69) is 5.32 Å². The minimum Gasteiger partial charge on any atom is -0.495 e. The highest BCUT2D eigenvalue weighted by molar-refractivity contribution is 6.32. The van der Waals surface area contributed by atoms with E-state index in [0.29, 0.717) is 22.9 Å². The number of benzene rings is 2. The largest absolute Gasteiger partial charge is 0.495 e. The first-order chi connectivity index (χ1) is 9.65. The second-order valence-electron chi connectivity index (χ2n) is 4.14. The minimum atomic E-state index is -0.358. The van der Waals surface area contributed by atoms with Gasteiger partial charge < -0.3 is 14.8 Å². The molecule has 0 saturated carbocycles. The van der Waals surface area contributed by atoms with Gasteiger partial charge in [-0.3, -0.25) is 0 Å². The molecule has 0 heterocycles. The molecule has 0 fully saturated rings. The van der Waals surface area contributed by atoms with Crippen molar-refractivity contribution in [1.82, 2.24) is 0 Å². The van der Waals surface area contributed by atoms with Crippen molar-refractivity contribution in [3.8, 4) is 11.5 Å². The molecule has 0 bridgehead atoms. The van der Waals surface area contributed by atoms with Gasteiger partial charge in [-0.25, -0.2) is 4.39 Å². The molecule has 5 heteroatoms. The van der Waals surface area contributed by atoms with Crippen LogP contribution in [0.25, 0.3) is 0 Å². The van der Waals surface area contributed by atoms with Gasteiger partial charge in [-0.05, 0) is 18.2 Å². The molecule has 0 aromatic heterocycles. The van der Waals surface area contributed by atoms with Crippen molar-refractivity contribution in [3.05, 3.63) is 52.8 Å². The van der Waals surface area contributed by atoms with E-state index in [4.69, 9.17) is 21.1 Å². The quantitative estimate of drug-likeness (QED) is 0.900. The Bertz CT molecular complexity index is 604. The van der Waals surface area contributed by atoms with Gasteiger partial charge in [-0.15, -0.1) is 0 Å². The van der Waals surface area contributed by atoms with E-state index in [0.717, 1.165) is 5.69 Å². The number of halogens is 2. The van der Waals surface area contributed by atoms with Gasteiger partial charge in [0.1, 0.15) is 5.75 Å². The molecule has 3 nitrogen and oxygen atoms in total. The second-order valence-corrected chi connectivity index (χ2v) is 4.54. The lowest BCUT2D eigenvalue weighted by atomic mass is 10.2. The Morgan fingerprint density at radius 1 is 1.10 bits per heavy atom. The molecular formula is C15H15ClFNO2. The zero-order valence-corrected chi connectivity index (χ0v) is 12.0. The van der Waals surface area contributed by atoms with Crippen LogP contribution in [0.5, 0.6) is 11.5 Å². The number of nitrogens with one attached hydrogen (secondary N) is 1. The Kier molecular flexibility index (Phi) is 4.69. The molecule has 0 aliphatic carbocycles. The third kappa shape index (κ3) is 3.14. The summed E-state index contributed by atoms with van der Waals surface area (Å²) < 4.78 is 24.1. The SMILES string of the molecule is COc1cc(NCc2cccc(OC)c2F)ccc1Cl. The highest BCUT2D eigenvalue weighted by Gasteiger charge is 2.08. The molecule has 1 N–H and O–H groups in total. The molecule has 0 amide bonds. The number of hydrogen-bond acceptors (Lipinski definition) is 3. The van der Waals surface area contributed by atoms with Crippen LogP contribution in [0.3, 0.4) is 0 Å². The Balaban J connectivity index is 2.13. The van der Waals surface area contributed by atoms with Crippen LogP contribution in [-0.4, -0.2) is 14.2 Å². The molecule has 0 spiro atoms. The van der Waals surface area contributed by atoms with Crippen LogP contribution >= 0.6 is 11.6 Å². The van der Waals surface area contributed by atoms with Crippen molar-refractivity contribution in [1.29, 1.82) is 0 Å². The highest BCUT2D eigenvalue weighted by atomic mass is 35.5. The van der Waals surface area contributed by atoms with Crippen molar-refractivity contribution in [3.63, 3.8) is 0 Å². The van der Waals surface area contributed by atoms with Crippen LogP contribution in [0, 0.1) is 5.82 Å². The number of rotatable bonds is 5. The van der Waals surface area contributed by atoms with Gasteiger partial charge in [0.2, 0.25) is 0 Å². The van der Waals surface area contributed by atoms with Crippen molar-refractivity contribution < 1.29 is 13.9 Å². The van der Waals surface area contributed by atoms with Crippen LogP contribution in [0.2, 0.25) is 5.02 Å². The lowest BCUT2D eigenvalue weighted by Gasteiger charge is -2.11. The summed E-state index contributed by atoms with van der Waals surface area (Å²) in [5, 5.41) is 3.65. The van der Waals surface area contributed by atoms with Gasteiger partial charge in [-0.1, -0.05) is 23.7 Å². The van der Waals surface area contributed by atoms with Gasteiger partial charge in [0.25, 0.3) is 0 Å². The van der Waals surface area contributed by atoms with Crippen molar-refractivity contribution >= 4 is 17.3 Å². The second kappa shape index (κ2) is 6.48. The third-order valence-corrected chi connectivity index (χ3v) is 3.21. The maximum absolute atomic E-state index is 14.0. The molecule has 0 aliphatic heterocycles. The fraction of sp³-hybridized carbons (Fsp3) is 0.200. The molecule has 0 radical (unpaired) electrons. The molecule has 2 aromatic rings. The first-order valence-electron chi connectivity index (χ1n) is 6.04. The van der Waals surface area contributed by atoms with E-state index < -0.39 is 0 Å². The van der Waals surface area contributed by atoms with Gasteiger partial charge in [-0.2, -0.15) is 0 Å². The third-order valence-electron chi connectivity index (χ3n) is 2.90. The van der Waals surface area contributed by atoms with Crippen molar-refractivity contribution in [2.24, 2.45) is 0 Å². The van der Waals surface area contributed by atoms with E-state index in [1.807, 2.05) is 6.07 Å². The predicted octanol–water partition coefficient (Wildman–Crippen LogP) is 4.11. The standard InChI is InChI=1S/C15H15ClFNO2/c1-19-13-5-3-4-10(15(13)17)9-18-11-6-7-12(16)14(8-11)20-2/h3-8,18H,9H2,1-2H3. The van der Waals surface area contributed by atoms with Crippen LogP contribution in [0.1, 0.15) is 5.56 Å². The molecule has 2 aromatic carbocycles. The molecule has 0 saturated heterocycles. The number of ether oxygens (including phenoxy) is 2. The topological polar surface area (TPSA) is 30.5 Å². The Labute approximate surface area is 122 Å². The summed E-state index contributed by atoms with van der Waals surface area (Å²) in [6.07, 6.45) is 0. The number of anilines is 1. The smallest absolute Gasteiger partial charge is 0.170 e. The van der Waals surface area contributed by atoms with Crippen LogP contribution < -0.4 is 14.8 Å². The van der Waals surface area contributed by atoms with Crippen LogP contribution in [0.4, 0.5) is 10.1 Å². The molecule has 2 rings (SSSR count). The fourth-order valence-corrected chi connectivity index (χ4v) is 2.01. The highest BCUT2D eigenvalue weighted by Crippen LogP contribution is 2.28. The predicted molar refractivity (Wildman–Crippen MR) is 78.3 cm³/mol. The Hall–Kier alpha value is -1.94. The molecular weight excluding hydrogens is 281 g/mol. The Morgan fingerprint density at radius 2 is 1.85 bits per heavy atom. The number of methoxy groups -OCH3 is 2. The van der Waals surface area contributed by atoms with Crippen LogP contribution in [0.15, 0.2) is 36.4 Å². The van der Waals surface area contributed by atoms with Crippen LogP contribution in [-0.2, 0) is 6.54 Å². The zero-order valence-electron chi connectivity index (χ0n) is 11.2. The molecule has 106 valence electrons. The normalized spacial score (nSPS) is 10.2. The van der Waals surface area contributed by atoms with E-state index in [1.165, 1.54) is 7.11 Å². The summed E-state index contributed by atoms with van der Waals surface area (Å²) in [6, 6.07) is 10.3. The lowest BCUT2D eigenvalue weighted by molar-refractivity contribution is 0.384. The van der Waals surface area contributed by atoms with E-state index >= 15 is 0 Å². The first kappa shape index (κ1) is 14.5. The summed E-state index contributed by atoms with van der Waals surface area (Å²) >= 11 is 5.95. The molecule has 0 aliphatic rings. The summed E-state index contributed by atoms with van der Waals surface area (Å²) in [5.41, 5.74) is 1.33. The molecule has 0 unspecified atom stereocenters. The average Bonchev–Trinajstić information content (AvgIpc) is 2.47. The average molecular weight is 296 g/mol. The van der Waals surface area contributed by atoms with Crippen molar-refractivity contribution in [2.45, 2.75) is 6.54 Å².